The maximum absolute atomic E-state index is 9.11. The number of hydrogen-bond donors (Lipinski definition) is 2. The number of methoxy groups -OCH3 is 1. The Morgan fingerprint density at radius 3 is 2.62 bits per heavy atom. The molecule has 0 amide bonds. The predicted molar refractivity (Wildman–Crippen MR) is 60.7 cm³/mol. The Bertz CT molecular complexity index is 323. The summed E-state index contributed by atoms with van der Waals surface area (Å²) in [4.78, 5) is 0. The van der Waals surface area contributed by atoms with Crippen molar-refractivity contribution in [1.29, 1.82) is 0 Å². The van der Waals surface area contributed by atoms with Crippen LogP contribution >= 0.6 is 0 Å². The van der Waals surface area contributed by atoms with Crippen LogP contribution in [0, 0.1) is 0 Å². The van der Waals surface area contributed by atoms with Gasteiger partial charge in [0, 0.05) is 6.42 Å². The first-order valence-corrected chi connectivity index (χ1v) is 5.26. The summed E-state index contributed by atoms with van der Waals surface area (Å²) in [6, 6.07) is 5.27. The van der Waals surface area contributed by atoms with E-state index in [1.807, 2.05) is 0 Å². The number of aliphatic hydroxyl groups excluding tert-OH is 2. The molecule has 2 N–H and O–H groups in total. The molecule has 0 aliphatic rings. The van der Waals surface area contributed by atoms with Gasteiger partial charge in [0.2, 0.25) is 0 Å². The van der Waals surface area contributed by atoms with Crippen LogP contribution in [0.5, 0.6) is 11.5 Å². The minimum atomic E-state index is -0.382. The molecule has 0 fully saturated rings. The van der Waals surface area contributed by atoms with Crippen LogP contribution < -0.4 is 9.47 Å². The van der Waals surface area contributed by atoms with E-state index in [9.17, 15) is 0 Å². The molecule has 0 heterocycles. The summed E-state index contributed by atoms with van der Waals surface area (Å²) in [5.41, 5.74) is 0.771. The number of hydrogen-bond acceptors (Lipinski definition) is 4. The molecule has 1 rings (SSSR count). The molecule has 1 aromatic rings. The summed E-state index contributed by atoms with van der Waals surface area (Å²) in [7, 11) is 1.56. The third-order valence-corrected chi connectivity index (χ3v) is 2.20. The second kappa shape index (κ2) is 6.35. The highest BCUT2D eigenvalue weighted by Crippen LogP contribution is 2.28. The number of aliphatic hydroxyl groups is 2. The molecule has 1 aromatic carbocycles. The number of rotatable bonds is 6. The SMILES string of the molecule is COc1ccc(CO)cc1OCCC(C)O. The van der Waals surface area contributed by atoms with Gasteiger partial charge >= 0.3 is 0 Å². The quantitative estimate of drug-likeness (QED) is 0.768. The van der Waals surface area contributed by atoms with Crippen molar-refractivity contribution in [3.8, 4) is 11.5 Å². The van der Waals surface area contributed by atoms with Gasteiger partial charge in [-0.05, 0) is 24.6 Å². The van der Waals surface area contributed by atoms with Gasteiger partial charge in [0.1, 0.15) is 0 Å². The monoisotopic (exact) mass is 226 g/mol. The predicted octanol–water partition coefficient (Wildman–Crippen LogP) is 1.34. The van der Waals surface area contributed by atoms with E-state index < -0.39 is 0 Å². The maximum Gasteiger partial charge on any atom is 0.161 e. The van der Waals surface area contributed by atoms with Crippen LogP contribution in [0.1, 0.15) is 18.9 Å². The van der Waals surface area contributed by atoms with Gasteiger partial charge in [-0.1, -0.05) is 6.07 Å². The van der Waals surface area contributed by atoms with Crippen LogP contribution in [0.4, 0.5) is 0 Å². The highest BCUT2D eigenvalue weighted by atomic mass is 16.5. The standard InChI is InChI=1S/C12H18O4/c1-9(14)5-6-16-12-7-10(8-13)3-4-11(12)15-2/h3-4,7,9,13-14H,5-6,8H2,1-2H3. The molecular weight excluding hydrogens is 208 g/mol. The van der Waals surface area contributed by atoms with Crippen molar-refractivity contribution in [2.75, 3.05) is 13.7 Å². The highest BCUT2D eigenvalue weighted by Gasteiger charge is 2.06. The molecule has 0 spiro atoms. The fourth-order valence-corrected chi connectivity index (χ4v) is 1.27. The van der Waals surface area contributed by atoms with Crippen LogP contribution in [0.15, 0.2) is 18.2 Å². The molecule has 4 nitrogen and oxygen atoms in total. The second-order valence-corrected chi connectivity index (χ2v) is 3.63. The van der Waals surface area contributed by atoms with Crippen molar-refractivity contribution >= 4 is 0 Å². The van der Waals surface area contributed by atoms with Crippen LogP contribution in [-0.2, 0) is 6.61 Å². The molecule has 90 valence electrons. The normalized spacial score (nSPS) is 12.2. The molecule has 1 atom stereocenters. The van der Waals surface area contributed by atoms with Gasteiger partial charge in [-0.2, -0.15) is 0 Å². The van der Waals surface area contributed by atoms with Crippen molar-refractivity contribution < 1.29 is 19.7 Å². The lowest BCUT2D eigenvalue weighted by atomic mass is 10.2. The molecule has 0 saturated heterocycles. The van der Waals surface area contributed by atoms with E-state index in [0.29, 0.717) is 24.5 Å². The third kappa shape index (κ3) is 3.72. The maximum atomic E-state index is 9.11. The molecule has 0 saturated carbocycles. The van der Waals surface area contributed by atoms with Crippen LogP contribution in [0.2, 0.25) is 0 Å². The van der Waals surface area contributed by atoms with E-state index >= 15 is 0 Å². The summed E-state index contributed by atoms with van der Waals surface area (Å²) in [5, 5.41) is 18.1. The van der Waals surface area contributed by atoms with E-state index in [0.717, 1.165) is 5.56 Å². The van der Waals surface area contributed by atoms with E-state index in [1.54, 1.807) is 32.2 Å². The second-order valence-electron chi connectivity index (χ2n) is 3.63. The highest BCUT2D eigenvalue weighted by molar-refractivity contribution is 5.42. The van der Waals surface area contributed by atoms with Crippen LogP contribution in [0.3, 0.4) is 0 Å². The summed E-state index contributed by atoms with van der Waals surface area (Å²) in [5.74, 6) is 1.22. The first kappa shape index (κ1) is 12.8. The largest absolute Gasteiger partial charge is 0.493 e. The number of benzene rings is 1. The summed E-state index contributed by atoms with van der Waals surface area (Å²) in [6.45, 7) is 2.10. The summed E-state index contributed by atoms with van der Waals surface area (Å²) < 4.78 is 10.6. The molecule has 4 heteroatoms. The first-order valence-electron chi connectivity index (χ1n) is 5.26. The molecule has 0 aliphatic carbocycles. The average molecular weight is 226 g/mol. The van der Waals surface area contributed by atoms with E-state index in [4.69, 9.17) is 19.7 Å². The van der Waals surface area contributed by atoms with Gasteiger partial charge in [0.15, 0.2) is 11.5 Å². The Morgan fingerprint density at radius 2 is 2.06 bits per heavy atom. The molecule has 0 aliphatic heterocycles. The third-order valence-electron chi connectivity index (χ3n) is 2.20. The van der Waals surface area contributed by atoms with Gasteiger partial charge in [0.25, 0.3) is 0 Å². The van der Waals surface area contributed by atoms with Crippen molar-refractivity contribution in [3.05, 3.63) is 23.8 Å². The fraction of sp³-hybridized carbons (Fsp3) is 0.500. The lowest BCUT2D eigenvalue weighted by molar-refractivity contribution is 0.154. The van der Waals surface area contributed by atoms with Gasteiger partial charge in [-0.15, -0.1) is 0 Å². The number of ether oxygens (including phenoxy) is 2. The molecule has 0 aromatic heterocycles. The summed E-state index contributed by atoms with van der Waals surface area (Å²) >= 11 is 0. The van der Waals surface area contributed by atoms with Gasteiger partial charge in [0.05, 0.1) is 26.4 Å². The first-order chi connectivity index (χ1) is 7.67. The average Bonchev–Trinajstić information content (AvgIpc) is 2.28. The Balaban J connectivity index is 2.67. The summed E-state index contributed by atoms with van der Waals surface area (Å²) in [6.07, 6.45) is 0.180. The van der Waals surface area contributed by atoms with Crippen molar-refractivity contribution in [3.63, 3.8) is 0 Å². The Labute approximate surface area is 95.4 Å². The Morgan fingerprint density at radius 1 is 1.31 bits per heavy atom. The fourth-order valence-electron chi connectivity index (χ4n) is 1.27. The van der Waals surface area contributed by atoms with E-state index in [2.05, 4.69) is 0 Å². The molecule has 0 radical (unpaired) electrons. The lowest BCUT2D eigenvalue weighted by Gasteiger charge is -2.12. The Hall–Kier alpha value is -1.26. The van der Waals surface area contributed by atoms with Crippen molar-refractivity contribution in [2.24, 2.45) is 0 Å². The minimum Gasteiger partial charge on any atom is -0.493 e. The van der Waals surface area contributed by atoms with Crippen molar-refractivity contribution in [2.45, 2.75) is 26.1 Å². The van der Waals surface area contributed by atoms with Gasteiger partial charge < -0.3 is 19.7 Å². The topological polar surface area (TPSA) is 58.9 Å². The molecule has 1 unspecified atom stereocenters. The zero-order valence-corrected chi connectivity index (χ0v) is 9.64. The van der Waals surface area contributed by atoms with Gasteiger partial charge in [-0.3, -0.25) is 0 Å². The van der Waals surface area contributed by atoms with Crippen LogP contribution in [0.25, 0.3) is 0 Å². The van der Waals surface area contributed by atoms with E-state index in [-0.39, 0.29) is 12.7 Å². The lowest BCUT2D eigenvalue weighted by Crippen LogP contribution is -2.08. The zero-order valence-electron chi connectivity index (χ0n) is 9.64. The Kier molecular flexibility index (Phi) is 5.08. The molecular formula is C12H18O4. The van der Waals surface area contributed by atoms with Crippen LogP contribution in [-0.4, -0.2) is 30.0 Å². The van der Waals surface area contributed by atoms with Gasteiger partial charge in [-0.25, -0.2) is 0 Å². The minimum absolute atomic E-state index is 0.0310. The smallest absolute Gasteiger partial charge is 0.161 e. The molecule has 16 heavy (non-hydrogen) atoms. The zero-order chi connectivity index (χ0) is 12.0. The van der Waals surface area contributed by atoms with Crippen molar-refractivity contribution in [1.82, 2.24) is 0 Å². The van der Waals surface area contributed by atoms with E-state index in [1.165, 1.54) is 0 Å². The molecule has 0 bridgehead atoms.